The maximum atomic E-state index is 12.7. The molecule has 9 heteroatoms. The summed E-state index contributed by atoms with van der Waals surface area (Å²) in [5.74, 6) is -1.29. The Balaban J connectivity index is 1.39. The third kappa shape index (κ3) is 5.83. The normalized spacial score (nSPS) is 11.0. The molecule has 0 saturated heterocycles. The quantitative estimate of drug-likeness (QED) is 0.287. The Hall–Kier alpha value is -4.66. The zero-order valence-electron chi connectivity index (χ0n) is 19.0. The van der Waals surface area contributed by atoms with Gasteiger partial charge in [0.15, 0.2) is 12.3 Å². The molecular formula is C26H23N5O4. The fourth-order valence-corrected chi connectivity index (χ4v) is 3.37. The minimum absolute atomic E-state index is 0.00502. The summed E-state index contributed by atoms with van der Waals surface area (Å²) in [7, 11) is 0. The Kier molecular flexibility index (Phi) is 7.37. The number of carbonyl (C=O) groups excluding carboxylic acids is 2. The maximum absolute atomic E-state index is 12.7. The van der Waals surface area contributed by atoms with Crippen LogP contribution in [0.4, 0.5) is 17.1 Å². The van der Waals surface area contributed by atoms with Gasteiger partial charge in [0.05, 0.1) is 16.8 Å². The van der Waals surface area contributed by atoms with Crippen molar-refractivity contribution in [2.45, 2.75) is 19.9 Å². The minimum Gasteiger partial charge on any atom is -0.451 e. The fourth-order valence-electron chi connectivity index (χ4n) is 3.37. The second-order valence-corrected chi connectivity index (χ2v) is 7.63. The van der Waals surface area contributed by atoms with Crippen LogP contribution in [0.1, 0.15) is 23.8 Å². The number of hydrogen-bond acceptors (Lipinski definition) is 7. The van der Waals surface area contributed by atoms with Crippen LogP contribution in [0.15, 0.2) is 93.9 Å². The van der Waals surface area contributed by atoms with Gasteiger partial charge < -0.3 is 10.1 Å². The molecule has 1 aromatic heterocycles. The number of aromatic nitrogens is 2. The van der Waals surface area contributed by atoms with E-state index in [2.05, 4.69) is 20.6 Å². The van der Waals surface area contributed by atoms with Crippen LogP contribution in [-0.4, -0.2) is 28.3 Å². The first-order valence-corrected chi connectivity index (χ1v) is 11.1. The number of anilines is 1. The van der Waals surface area contributed by atoms with Gasteiger partial charge in [0, 0.05) is 17.6 Å². The van der Waals surface area contributed by atoms with Gasteiger partial charge in [-0.1, -0.05) is 43.3 Å². The van der Waals surface area contributed by atoms with Crippen molar-refractivity contribution < 1.29 is 14.3 Å². The Morgan fingerprint density at radius 2 is 1.51 bits per heavy atom. The Morgan fingerprint density at radius 3 is 2.20 bits per heavy atom. The SMILES string of the molecule is CCCn1nc(C(=O)OCC(=O)Nc2ccc(N=Nc3ccccc3)cc2)c2ccccc2c1=O. The molecule has 3 aromatic carbocycles. The molecule has 4 rings (SSSR count). The summed E-state index contributed by atoms with van der Waals surface area (Å²) in [5, 5.41) is 15.9. The molecule has 1 heterocycles. The highest BCUT2D eigenvalue weighted by Gasteiger charge is 2.19. The van der Waals surface area contributed by atoms with Gasteiger partial charge in [0.1, 0.15) is 0 Å². The molecule has 4 aromatic rings. The monoisotopic (exact) mass is 469 g/mol. The van der Waals surface area contributed by atoms with Gasteiger partial charge in [0.2, 0.25) is 0 Å². The maximum Gasteiger partial charge on any atom is 0.359 e. The molecule has 1 amide bonds. The molecule has 0 saturated carbocycles. The van der Waals surface area contributed by atoms with Crippen molar-refractivity contribution in [1.82, 2.24) is 9.78 Å². The molecule has 0 spiro atoms. The number of nitrogens with zero attached hydrogens (tertiary/aromatic N) is 4. The van der Waals surface area contributed by atoms with Crippen molar-refractivity contribution in [2.75, 3.05) is 11.9 Å². The van der Waals surface area contributed by atoms with E-state index in [1.807, 2.05) is 37.3 Å². The van der Waals surface area contributed by atoms with E-state index in [9.17, 15) is 14.4 Å². The fraction of sp³-hybridized carbons (Fsp3) is 0.154. The van der Waals surface area contributed by atoms with Crippen molar-refractivity contribution in [3.8, 4) is 0 Å². The lowest BCUT2D eigenvalue weighted by Gasteiger charge is -2.10. The summed E-state index contributed by atoms with van der Waals surface area (Å²) < 4.78 is 6.44. The van der Waals surface area contributed by atoms with Crippen LogP contribution in [0, 0.1) is 0 Å². The van der Waals surface area contributed by atoms with Gasteiger partial charge in [-0.3, -0.25) is 9.59 Å². The van der Waals surface area contributed by atoms with E-state index in [0.717, 1.165) is 5.69 Å². The average molecular weight is 470 g/mol. The number of nitrogens with one attached hydrogen (secondary N) is 1. The lowest BCUT2D eigenvalue weighted by atomic mass is 10.1. The topological polar surface area (TPSA) is 115 Å². The summed E-state index contributed by atoms with van der Waals surface area (Å²) >= 11 is 0. The molecule has 0 aliphatic rings. The summed E-state index contributed by atoms with van der Waals surface area (Å²) in [6.07, 6.45) is 0.675. The number of esters is 1. The summed E-state index contributed by atoms with van der Waals surface area (Å²) in [5.41, 5.74) is 1.60. The Labute approximate surface area is 201 Å². The largest absolute Gasteiger partial charge is 0.451 e. The summed E-state index contributed by atoms with van der Waals surface area (Å²) in [6, 6.07) is 22.8. The number of fused-ring (bicyclic) bond motifs is 1. The molecule has 0 fully saturated rings. The van der Waals surface area contributed by atoms with Gasteiger partial charge in [0.25, 0.3) is 11.5 Å². The second-order valence-electron chi connectivity index (χ2n) is 7.63. The molecule has 9 nitrogen and oxygen atoms in total. The number of ether oxygens (including phenoxy) is 1. The summed E-state index contributed by atoms with van der Waals surface area (Å²) in [4.78, 5) is 37.6. The van der Waals surface area contributed by atoms with Crippen LogP contribution in [-0.2, 0) is 16.1 Å². The number of azo groups is 1. The van der Waals surface area contributed by atoms with Gasteiger partial charge in [-0.2, -0.15) is 15.3 Å². The number of benzene rings is 3. The van der Waals surface area contributed by atoms with Gasteiger partial charge >= 0.3 is 5.97 Å². The van der Waals surface area contributed by atoms with Crippen LogP contribution < -0.4 is 10.9 Å². The van der Waals surface area contributed by atoms with E-state index in [4.69, 9.17) is 4.74 Å². The molecule has 0 aliphatic heterocycles. The molecule has 176 valence electrons. The zero-order chi connectivity index (χ0) is 24.6. The molecule has 35 heavy (non-hydrogen) atoms. The highest BCUT2D eigenvalue weighted by atomic mass is 16.5. The van der Waals surface area contributed by atoms with E-state index in [1.54, 1.807) is 48.5 Å². The van der Waals surface area contributed by atoms with E-state index >= 15 is 0 Å². The lowest BCUT2D eigenvalue weighted by molar-refractivity contribution is -0.119. The van der Waals surface area contributed by atoms with E-state index in [-0.39, 0.29) is 11.3 Å². The van der Waals surface area contributed by atoms with Crippen molar-refractivity contribution in [2.24, 2.45) is 10.2 Å². The van der Waals surface area contributed by atoms with Crippen LogP contribution >= 0.6 is 0 Å². The number of carbonyl (C=O) groups is 2. The predicted octanol–water partition coefficient (Wildman–Crippen LogP) is 5.02. The smallest absolute Gasteiger partial charge is 0.359 e. The van der Waals surface area contributed by atoms with Gasteiger partial charge in [-0.15, -0.1) is 0 Å². The second kappa shape index (κ2) is 11.0. The molecule has 0 aliphatic carbocycles. The molecule has 0 radical (unpaired) electrons. The van der Waals surface area contributed by atoms with Gasteiger partial charge in [-0.05, 0) is 48.9 Å². The zero-order valence-corrected chi connectivity index (χ0v) is 19.0. The van der Waals surface area contributed by atoms with Crippen molar-refractivity contribution in [3.63, 3.8) is 0 Å². The Bertz CT molecular complexity index is 1430. The molecule has 0 unspecified atom stereocenters. The molecule has 0 bridgehead atoms. The first kappa shape index (κ1) is 23.5. The number of aryl methyl sites for hydroxylation is 1. The van der Waals surface area contributed by atoms with Crippen LogP contribution in [0.25, 0.3) is 10.8 Å². The lowest BCUT2D eigenvalue weighted by Crippen LogP contribution is -2.27. The molecule has 0 atom stereocenters. The average Bonchev–Trinajstić information content (AvgIpc) is 2.89. The Morgan fingerprint density at radius 1 is 0.886 bits per heavy atom. The van der Waals surface area contributed by atoms with E-state index in [1.165, 1.54) is 4.68 Å². The van der Waals surface area contributed by atoms with Crippen molar-refractivity contribution in [3.05, 3.63) is 94.9 Å². The first-order valence-electron chi connectivity index (χ1n) is 11.1. The third-order valence-corrected chi connectivity index (χ3v) is 5.02. The van der Waals surface area contributed by atoms with Crippen molar-refractivity contribution in [1.29, 1.82) is 0 Å². The summed E-state index contributed by atoms with van der Waals surface area (Å²) in [6.45, 7) is 1.77. The van der Waals surface area contributed by atoms with Crippen molar-refractivity contribution >= 4 is 39.7 Å². The molecule has 1 N–H and O–H groups in total. The molecular weight excluding hydrogens is 446 g/mol. The first-order chi connectivity index (χ1) is 17.0. The number of amides is 1. The number of hydrogen-bond donors (Lipinski definition) is 1. The third-order valence-electron chi connectivity index (χ3n) is 5.02. The minimum atomic E-state index is -0.780. The van der Waals surface area contributed by atoms with E-state index < -0.39 is 18.5 Å². The van der Waals surface area contributed by atoms with Crippen LogP contribution in [0.3, 0.4) is 0 Å². The van der Waals surface area contributed by atoms with E-state index in [0.29, 0.717) is 35.1 Å². The van der Waals surface area contributed by atoms with Crippen LogP contribution in [0.2, 0.25) is 0 Å². The highest BCUT2D eigenvalue weighted by molar-refractivity contribution is 6.03. The van der Waals surface area contributed by atoms with Crippen LogP contribution in [0.5, 0.6) is 0 Å². The highest BCUT2D eigenvalue weighted by Crippen LogP contribution is 2.20. The number of rotatable bonds is 8. The standard InChI is InChI=1S/C26H23N5O4/c1-2-16-31-25(33)22-11-7-6-10-21(22)24(30-31)26(34)35-17-23(32)27-18-12-14-20(15-13-18)29-28-19-8-4-3-5-9-19/h3-15H,2,16-17H2,1H3,(H,27,32). The van der Waals surface area contributed by atoms with Gasteiger partial charge in [-0.25, -0.2) is 9.48 Å². The predicted molar refractivity (Wildman–Crippen MR) is 132 cm³/mol.